The number of methoxy groups -OCH3 is 3. The highest BCUT2D eigenvalue weighted by atomic mass is 16.5. The Morgan fingerprint density at radius 2 is 1.70 bits per heavy atom. The van der Waals surface area contributed by atoms with Gasteiger partial charge in [0.2, 0.25) is 0 Å². The second-order valence-corrected chi connectivity index (χ2v) is 8.00. The molecule has 2 aromatic rings. The van der Waals surface area contributed by atoms with E-state index in [1.165, 1.54) is 0 Å². The van der Waals surface area contributed by atoms with E-state index in [9.17, 15) is 9.59 Å². The zero-order chi connectivity index (χ0) is 23.5. The Labute approximate surface area is 193 Å². The van der Waals surface area contributed by atoms with Crippen LogP contribution in [0.15, 0.2) is 65.0 Å². The van der Waals surface area contributed by atoms with Gasteiger partial charge in [-0.2, -0.15) is 0 Å². The molecule has 0 aromatic heterocycles. The molecule has 2 aliphatic rings. The van der Waals surface area contributed by atoms with Crippen molar-refractivity contribution in [2.45, 2.75) is 32.1 Å². The van der Waals surface area contributed by atoms with Crippen molar-refractivity contribution in [3.8, 4) is 17.2 Å². The van der Waals surface area contributed by atoms with Crippen molar-refractivity contribution in [2.75, 3.05) is 26.6 Å². The van der Waals surface area contributed by atoms with Crippen molar-refractivity contribution in [3.63, 3.8) is 0 Å². The van der Waals surface area contributed by atoms with Crippen LogP contribution in [-0.4, -0.2) is 33.0 Å². The molecule has 1 heterocycles. The minimum atomic E-state index is -0.589. The highest BCUT2D eigenvalue weighted by Gasteiger charge is 2.40. The Bertz CT molecular complexity index is 1170. The van der Waals surface area contributed by atoms with Gasteiger partial charge >= 0.3 is 0 Å². The fraction of sp³-hybridized carbons (Fsp3) is 0.308. The van der Waals surface area contributed by atoms with E-state index in [1.807, 2.05) is 31.2 Å². The molecule has 0 saturated carbocycles. The van der Waals surface area contributed by atoms with E-state index in [-0.39, 0.29) is 11.7 Å². The molecule has 0 spiro atoms. The molecule has 7 heteroatoms. The van der Waals surface area contributed by atoms with Gasteiger partial charge in [-0.3, -0.25) is 9.59 Å². The van der Waals surface area contributed by atoms with E-state index in [2.05, 4.69) is 10.6 Å². The second-order valence-electron chi connectivity index (χ2n) is 8.00. The number of nitrogens with one attached hydrogen (secondary N) is 2. The lowest BCUT2D eigenvalue weighted by atomic mass is 9.74. The molecule has 0 bridgehead atoms. The van der Waals surface area contributed by atoms with E-state index in [4.69, 9.17) is 14.2 Å². The van der Waals surface area contributed by atoms with Gasteiger partial charge in [0.1, 0.15) is 5.75 Å². The minimum absolute atomic E-state index is 0.0358. The molecule has 33 heavy (non-hydrogen) atoms. The van der Waals surface area contributed by atoms with Crippen LogP contribution in [-0.2, 0) is 9.59 Å². The molecular weight excluding hydrogens is 420 g/mol. The summed E-state index contributed by atoms with van der Waals surface area (Å²) in [6.07, 6.45) is 1.98. The summed E-state index contributed by atoms with van der Waals surface area (Å²) in [7, 11) is 4.68. The summed E-state index contributed by atoms with van der Waals surface area (Å²) in [5.41, 5.74) is 3.91. The maximum absolute atomic E-state index is 13.7. The molecule has 4 rings (SSSR count). The van der Waals surface area contributed by atoms with Crippen LogP contribution >= 0.6 is 0 Å². The molecule has 172 valence electrons. The zero-order valence-corrected chi connectivity index (χ0v) is 19.3. The molecule has 7 nitrogen and oxygen atoms in total. The van der Waals surface area contributed by atoms with Crippen LogP contribution in [0.2, 0.25) is 0 Å². The fourth-order valence-electron chi connectivity index (χ4n) is 4.67. The molecule has 2 N–H and O–H groups in total. The van der Waals surface area contributed by atoms with Crippen molar-refractivity contribution in [2.24, 2.45) is 0 Å². The number of Topliss-reactive ketones (excluding diaryl/α,β-unsaturated/α-hetero) is 1. The zero-order valence-electron chi connectivity index (χ0n) is 19.3. The number of dihydropyridines is 1. The number of hydrogen-bond acceptors (Lipinski definition) is 6. The van der Waals surface area contributed by atoms with E-state index in [1.54, 1.807) is 39.5 Å². The van der Waals surface area contributed by atoms with Gasteiger partial charge in [-0.15, -0.1) is 0 Å². The molecule has 1 amide bonds. The smallest absolute Gasteiger partial charge is 0.254 e. The SMILES string of the molecule is COc1ccccc1NC(=O)C1=C(C)NC2=C(C(=O)CCC2)[C@@H]1c1cccc(OC)c1OC. The lowest BCUT2D eigenvalue weighted by Gasteiger charge is -2.35. The number of benzene rings is 2. The lowest BCUT2D eigenvalue weighted by Crippen LogP contribution is -2.35. The van der Waals surface area contributed by atoms with Gasteiger partial charge < -0.3 is 24.8 Å². The Hall–Kier alpha value is -3.74. The van der Waals surface area contributed by atoms with Gasteiger partial charge in [0.25, 0.3) is 5.91 Å². The number of amides is 1. The van der Waals surface area contributed by atoms with Crippen molar-refractivity contribution in [1.82, 2.24) is 5.32 Å². The third-order valence-corrected chi connectivity index (χ3v) is 6.12. The number of ether oxygens (including phenoxy) is 3. The average molecular weight is 449 g/mol. The highest BCUT2D eigenvalue weighted by molar-refractivity contribution is 6.10. The first-order valence-electron chi connectivity index (χ1n) is 10.9. The summed E-state index contributed by atoms with van der Waals surface area (Å²) < 4.78 is 16.6. The second kappa shape index (κ2) is 9.40. The summed E-state index contributed by atoms with van der Waals surface area (Å²) in [6, 6.07) is 12.7. The van der Waals surface area contributed by atoms with E-state index in [0.717, 1.165) is 18.5 Å². The van der Waals surface area contributed by atoms with Crippen molar-refractivity contribution in [3.05, 3.63) is 70.6 Å². The van der Waals surface area contributed by atoms with Gasteiger partial charge in [-0.25, -0.2) is 0 Å². The summed E-state index contributed by atoms with van der Waals surface area (Å²) in [4.78, 5) is 26.9. The van der Waals surface area contributed by atoms with Crippen LogP contribution in [0.3, 0.4) is 0 Å². The first-order chi connectivity index (χ1) is 16.0. The molecule has 0 fully saturated rings. The monoisotopic (exact) mass is 448 g/mol. The van der Waals surface area contributed by atoms with Crippen LogP contribution in [0.25, 0.3) is 0 Å². The summed E-state index contributed by atoms with van der Waals surface area (Å²) >= 11 is 0. The summed E-state index contributed by atoms with van der Waals surface area (Å²) in [5, 5.41) is 6.30. The quantitative estimate of drug-likeness (QED) is 0.685. The van der Waals surface area contributed by atoms with Crippen molar-refractivity contribution < 1.29 is 23.8 Å². The average Bonchev–Trinajstić information content (AvgIpc) is 2.83. The van der Waals surface area contributed by atoms with Crippen LogP contribution in [0, 0.1) is 0 Å². The van der Waals surface area contributed by atoms with E-state index < -0.39 is 5.92 Å². The van der Waals surface area contributed by atoms with E-state index >= 15 is 0 Å². The molecule has 0 radical (unpaired) electrons. The topological polar surface area (TPSA) is 85.9 Å². The highest BCUT2D eigenvalue weighted by Crippen LogP contribution is 2.47. The van der Waals surface area contributed by atoms with Crippen LogP contribution in [0.1, 0.15) is 37.7 Å². The number of ketones is 1. The molecule has 1 atom stereocenters. The van der Waals surface area contributed by atoms with Crippen molar-refractivity contribution in [1.29, 1.82) is 0 Å². The Balaban J connectivity index is 1.86. The van der Waals surface area contributed by atoms with Gasteiger partial charge in [0.15, 0.2) is 17.3 Å². The first kappa shape index (κ1) is 22.5. The number of allylic oxidation sites excluding steroid dienone is 3. The maximum atomic E-state index is 13.7. The molecule has 0 unspecified atom stereocenters. The largest absolute Gasteiger partial charge is 0.495 e. The lowest BCUT2D eigenvalue weighted by molar-refractivity contribution is -0.116. The third-order valence-electron chi connectivity index (χ3n) is 6.12. The maximum Gasteiger partial charge on any atom is 0.254 e. The van der Waals surface area contributed by atoms with Crippen molar-refractivity contribution >= 4 is 17.4 Å². The Morgan fingerprint density at radius 1 is 0.970 bits per heavy atom. The van der Waals surface area contributed by atoms with Gasteiger partial charge in [0.05, 0.1) is 32.9 Å². The summed E-state index contributed by atoms with van der Waals surface area (Å²) in [5.74, 6) is 0.734. The number of carbonyl (C=O) groups is 2. The molecule has 1 aliphatic heterocycles. The predicted octanol–water partition coefficient (Wildman–Crippen LogP) is 4.32. The number of hydrogen-bond donors (Lipinski definition) is 2. The third kappa shape index (κ3) is 4.06. The molecule has 2 aromatic carbocycles. The van der Waals surface area contributed by atoms with Gasteiger partial charge in [0, 0.05) is 34.5 Å². The minimum Gasteiger partial charge on any atom is -0.495 e. The van der Waals surface area contributed by atoms with Gasteiger partial charge in [-0.1, -0.05) is 24.3 Å². The summed E-state index contributed by atoms with van der Waals surface area (Å²) in [6.45, 7) is 1.86. The molecule has 0 saturated heterocycles. The van der Waals surface area contributed by atoms with Crippen LogP contribution in [0.4, 0.5) is 5.69 Å². The standard InChI is InChI=1S/C26H28N2O5/c1-15-22(26(30)28-17-10-5-6-13-20(17)31-2)23(24-18(27-15)11-8-12-19(24)29)16-9-7-14-21(32-3)25(16)33-4/h5-7,9-10,13-14,23,27H,8,11-12H2,1-4H3,(H,28,30)/t23-/m1/s1. The van der Waals surface area contributed by atoms with Gasteiger partial charge in [-0.05, 0) is 38.0 Å². The predicted molar refractivity (Wildman–Crippen MR) is 126 cm³/mol. The normalized spacial score (nSPS) is 17.8. The Kier molecular flexibility index (Phi) is 6.40. The first-order valence-corrected chi connectivity index (χ1v) is 10.9. The molecule has 1 aliphatic carbocycles. The number of anilines is 1. The fourth-order valence-corrected chi connectivity index (χ4v) is 4.67. The van der Waals surface area contributed by atoms with Crippen LogP contribution in [0.5, 0.6) is 17.2 Å². The van der Waals surface area contributed by atoms with Crippen LogP contribution < -0.4 is 24.8 Å². The number of rotatable bonds is 6. The number of para-hydroxylation sites is 3. The number of carbonyl (C=O) groups excluding carboxylic acids is 2. The van der Waals surface area contributed by atoms with E-state index in [0.29, 0.717) is 51.8 Å². The molecular formula is C26H28N2O5. The Morgan fingerprint density at radius 3 is 2.42 bits per heavy atom.